The van der Waals surface area contributed by atoms with E-state index >= 15 is 0 Å². The largest absolute Gasteiger partial charge is 0.388 e. The second-order valence-corrected chi connectivity index (χ2v) is 3.98. The van der Waals surface area contributed by atoms with Crippen LogP contribution in [0.1, 0.15) is 12.8 Å². The van der Waals surface area contributed by atoms with E-state index in [1.807, 2.05) is 0 Å². The third kappa shape index (κ3) is 11.8. The van der Waals surface area contributed by atoms with E-state index in [0.29, 0.717) is 0 Å². The molecule has 0 amide bonds. The molecule has 0 aromatic heterocycles. The summed E-state index contributed by atoms with van der Waals surface area (Å²) in [6.07, 6.45) is -10.5. The van der Waals surface area contributed by atoms with E-state index in [2.05, 4.69) is 0 Å². The first-order valence-corrected chi connectivity index (χ1v) is 4.96. The molecule has 0 unspecified atom stereocenters. The van der Waals surface area contributed by atoms with Gasteiger partial charge in [0, 0.05) is 22.4 Å². The van der Waals surface area contributed by atoms with Crippen LogP contribution in [0.15, 0.2) is 0 Å². The van der Waals surface area contributed by atoms with Gasteiger partial charge in [-0.25, -0.2) is 0 Å². The lowest BCUT2D eigenvalue weighted by molar-refractivity contribution is -0.131. The Morgan fingerprint density at radius 2 is 1.00 bits per heavy atom. The summed E-state index contributed by atoms with van der Waals surface area (Å²) in [4.78, 5) is 0. The van der Waals surface area contributed by atoms with Crippen LogP contribution in [0, 0.1) is 0 Å². The van der Waals surface area contributed by atoms with Crippen LogP contribution in [0.4, 0.5) is 26.3 Å². The van der Waals surface area contributed by atoms with Crippen molar-refractivity contribution in [3.63, 3.8) is 0 Å². The molecular weight excluding hydrogens is 214 g/mol. The molecule has 0 spiro atoms. The smallest absolute Gasteiger partial charge is 0.171 e. The summed E-state index contributed by atoms with van der Waals surface area (Å²) >= 11 is 0. The lowest BCUT2D eigenvalue weighted by Crippen LogP contribution is -2.11. The Morgan fingerprint density at radius 3 is 1.23 bits per heavy atom. The van der Waals surface area contributed by atoms with Crippen molar-refractivity contribution in [2.75, 3.05) is 0 Å². The molecule has 0 saturated carbocycles. The summed E-state index contributed by atoms with van der Waals surface area (Å²) in [7, 11) is -0.261. The van der Waals surface area contributed by atoms with Gasteiger partial charge in [0.15, 0.2) is 0 Å². The Labute approximate surface area is 74.1 Å². The van der Waals surface area contributed by atoms with Crippen molar-refractivity contribution < 1.29 is 26.3 Å². The van der Waals surface area contributed by atoms with Crippen molar-refractivity contribution in [2.24, 2.45) is 0 Å². The average molecular weight is 222 g/mol. The molecular formula is C6H8F6Si. The summed E-state index contributed by atoms with van der Waals surface area (Å²) in [5, 5.41) is 0. The van der Waals surface area contributed by atoms with E-state index in [1.54, 1.807) is 0 Å². The molecule has 0 bridgehead atoms. The SMILES string of the molecule is FC(F)(F)CC[Si]CCC(F)(F)F. The molecule has 0 aliphatic heterocycles. The van der Waals surface area contributed by atoms with Gasteiger partial charge in [-0.15, -0.1) is 0 Å². The van der Waals surface area contributed by atoms with Gasteiger partial charge in [0.1, 0.15) is 0 Å². The molecule has 0 aromatic carbocycles. The standard InChI is InChI=1S/C6H8F6Si/c7-5(8,9)1-3-13-4-2-6(10,11)12/h1-4H2. The highest BCUT2D eigenvalue weighted by Gasteiger charge is 2.28. The van der Waals surface area contributed by atoms with Crippen molar-refractivity contribution >= 4 is 9.52 Å². The Bertz CT molecular complexity index is 121. The normalized spacial score (nSPS) is 13.4. The van der Waals surface area contributed by atoms with Gasteiger partial charge in [0.25, 0.3) is 0 Å². The second-order valence-electron chi connectivity index (χ2n) is 2.48. The first-order chi connectivity index (χ1) is 5.71. The molecule has 0 aliphatic carbocycles. The van der Waals surface area contributed by atoms with Crippen LogP contribution >= 0.6 is 0 Å². The fourth-order valence-corrected chi connectivity index (χ4v) is 1.76. The van der Waals surface area contributed by atoms with Crippen LogP contribution in [0.5, 0.6) is 0 Å². The van der Waals surface area contributed by atoms with Crippen molar-refractivity contribution in [2.45, 2.75) is 37.3 Å². The molecule has 0 fully saturated rings. The minimum absolute atomic E-state index is 0.195. The number of hydrogen-bond donors (Lipinski definition) is 0. The lowest BCUT2D eigenvalue weighted by atomic mass is 10.5. The fourth-order valence-electron chi connectivity index (χ4n) is 0.585. The summed E-state index contributed by atoms with van der Waals surface area (Å²) < 4.78 is 69.0. The minimum atomic E-state index is -4.24. The Kier molecular flexibility index (Phi) is 4.80. The van der Waals surface area contributed by atoms with Crippen LogP contribution in [0.3, 0.4) is 0 Å². The van der Waals surface area contributed by atoms with Gasteiger partial charge in [-0.1, -0.05) is 12.1 Å². The summed E-state index contributed by atoms with van der Waals surface area (Å²) in [5.41, 5.74) is 0. The summed E-state index contributed by atoms with van der Waals surface area (Å²) in [6.45, 7) is 0. The maximum Gasteiger partial charge on any atom is 0.388 e. The molecule has 0 N–H and O–H groups in total. The zero-order valence-corrected chi connectivity index (χ0v) is 7.60. The Balaban J connectivity index is 3.28. The fraction of sp³-hybridized carbons (Fsp3) is 1.00. The third-order valence-corrected chi connectivity index (χ3v) is 2.38. The zero-order valence-electron chi connectivity index (χ0n) is 6.60. The first-order valence-electron chi connectivity index (χ1n) is 3.55. The van der Waals surface area contributed by atoms with Gasteiger partial charge >= 0.3 is 12.4 Å². The maximum absolute atomic E-state index is 11.5. The zero-order chi connectivity index (χ0) is 10.5. The van der Waals surface area contributed by atoms with E-state index in [-0.39, 0.29) is 21.6 Å². The van der Waals surface area contributed by atoms with Crippen molar-refractivity contribution in [1.29, 1.82) is 0 Å². The lowest BCUT2D eigenvalue weighted by Gasteiger charge is -2.06. The van der Waals surface area contributed by atoms with Crippen LogP contribution in [0.25, 0.3) is 0 Å². The second kappa shape index (κ2) is 4.87. The summed E-state index contributed by atoms with van der Waals surface area (Å²) in [6, 6.07) is -0.390. The van der Waals surface area contributed by atoms with Crippen molar-refractivity contribution in [3.8, 4) is 0 Å². The number of hydrogen-bond acceptors (Lipinski definition) is 0. The highest BCUT2D eigenvalue weighted by Crippen LogP contribution is 2.24. The van der Waals surface area contributed by atoms with Gasteiger partial charge in [-0.3, -0.25) is 0 Å². The molecule has 13 heavy (non-hydrogen) atoms. The maximum atomic E-state index is 11.5. The summed E-state index contributed by atoms with van der Waals surface area (Å²) in [5.74, 6) is 0. The van der Waals surface area contributed by atoms with Crippen LogP contribution < -0.4 is 0 Å². The highest BCUT2D eigenvalue weighted by molar-refractivity contribution is 6.35. The molecule has 78 valence electrons. The van der Waals surface area contributed by atoms with E-state index < -0.39 is 25.2 Å². The number of halogens is 6. The molecule has 7 heteroatoms. The Hall–Kier alpha value is -0.203. The topological polar surface area (TPSA) is 0 Å². The van der Waals surface area contributed by atoms with Crippen molar-refractivity contribution in [1.82, 2.24) is 0 Å². The van der Waals surface area contributed by atoms with E-state index in [1.165, 1.54) is 0 Å². The molecule has 0 aromatic rings. The van der Waals surface area contributed by atoms with Gasteiger partial charge in [0.05, 0.1) is 0 Å². The van der Waals surface area contributed by atoms with Crippen LogP contribution in [0.2, 0.25) is 12.1 Å². The molecule has 0 aliphatic rings. The van der Waals surface area contributed by atoms with Crippen LogP contribution in [-0.4, -0.2) is 21.9 Å². The third-order valence-electron chi connectivity index (χ3n) is 1.17. The minimum Gasteiger partial charge on any atom is -0.171 e. The predicted molar refractivity (Wildman–Crippen MR) is 36.7 cm³/mol. The van der Waals surface area contributed by atoms with E-state index in [9.17, 15) is 26.3 Å². The van der Waals surface area contributed by atoms with Gasteiger partial charge in [-0.2, -0.15) is 26.3 Å². The van der Waals surface area contributed by atoms with Crippen molar-refractivity contribution in [3.05, 3.63) is 0 Å². The van der Waals surface area contributed by atoms with E-state index in [0.717, 1.165) is 0 Å². The monoisotopic (exact) mass is 222 g/mol. The van der Waals surface area contributed by atoms with Crippen LogP contribution in [-0.2, 0) is 0 Å². The predicted octanol–water partition coefficient (Wildman–Crippen LogP) is 3.43. The van der Waals surface area contributed by atoms with Gasteiger partial charge in [0.2, 0.25) is 0 Å². The quantitative estimate of drug-likeness (QED) is 0.388. The molecule has 0 saturated heterocycles. The molecule has 0 heterocycles. The Morgan fingerprint density at radius 1 is 0.692 bits per heavy atom. The first kappa shape index (κ1) is 12.8. The van der Waals surface area contributed by atoms with E-state index in [4.69, 9.17) is 0 Å². The average Bonchev–Trinajstić information content (AvgIpc) is 1.81. The number of rotatable bonds is 4. The van der Waals surface area contributed by atoms with Gasteiger partial charge in [-0.05, 0) is 0 Å². The molecule has 0 nitrogen and oxygen atoms in total. The van der Waals surface area contributed by atoms with Gasteiger partial charge < -0.3 is 0 Å². The number of alkyl halides is 6. The molecule has 0 atom stereocenters. The highest BCUT2D eigenvalue weighted by atomic mass is 28.2. The molecule has 2 radical (unpaired) electrons. The molecule has 0 rings (SSSR count).